The van der Waals surface area contributed by atoms with Gasteiger partial charge in [0.15, 0.2) is 0 Å². The summed E-state index contributed by atoms with van der Waals surface area (Å²) in [4.78, 5) is 0. The molecule has 1 fully saturated rings. The molecule has 0 N–H and O–H groups in total. The molecule has 0 amide bonds. The molecule has 0 radical (unpaired) electrons. The molecule has 1 aliphatic carbocycles. The average molecular weight is 264 g/mol. The Morgan fingerprint density at radius 3 is 2.60 bits per heavy atom. The van der Waals surface area contributed by atoms with Crippen LogP contribution in [0.4, 0.5) is 0 Å². The Kier molecular flexibility index (Phi) is 2.84. The number of benzene rings is 1. The standard InChI is InChI=1S/C13H14BrN/c1-10-11(5-4-6-12(10)14)13(9-15)7-2-3-8-13/h4-6H,2-3,7-8H2,1H3. The largest absolute Gasteiger partial charge is 0.197 e. The molecule has 0 saturated heterocycles. The predicted octanol–water partition coefficient (Wildman–Crippen LogP) is 4.09. The van der Waals surface area contributed by atoms with Gasteiger partial charge in [-0.15, -0.1) is 0 Å². The molecular weight excluding hydrogens is 250 g/mol. The molecule has 1 nitrogen and oxygen atoms in total. The first-order valence-electron chi connectivity index (χ1n) is 5.36. The maximum atomic E-state index is 9.42. The Balaban J connectivity index is 2.53. The van der Waals surface area contributed by atoms with Gasteiger partial charge in [0.05, 0.1) is 11.5 Å². The van der Waals surface area contributed by atoms with Crippen molar-refractivity contribution < 1.29 is 0 Å². The molecule has 1 saturated carbocycles. The maximum absolute atomic E-state index is 9.42. The summed E-state index contributed by atoms with van der Waals surface area (Å²) in [6.45, 7) is 2.09. The summed E-state index contributed by atoms with van der Waals surface area (Å²) in [7, 11) is 0. The van der Waals surface area contributed by atoms with E-state index in [1.54, 1.807) is 0 Å². The minimum atomic E-state index is -0.214. The molecule has 0 bridgehead atoms. The van der Waals surface area contributed by atoms with Crippen LogP contribution >= 0.6 is 15.9 Å². The van der Waals surface area contributed by atoms with E-state index in [9.17, 15) is 5.26 Å². The highest BCUT2D eigenvalue weighted by Gasteiger charge is 2.36. The Hall–Kier alpha value is -0.810. The summed E-state index contributed by atoms with van der Waals surface area (Å²) in [5, 5.41) is 9.42. The van der Waals surface area contributed by atoms with Gasteiger partial charge in [-0.3, -0.25) is 0 Å². The van der Waals surface area contributed by atoms with Crippen LogP contribution in [0.1, 0.15) is 36.8 Å². The van der Waals surface area contributed by atoms with Crippen molar-refractivity contribution in [2.24, 2.45) is 0 Å². The van der Waals surface area contributed by atoms with Gasteiger partial charge in [-0.25, -0.2) is 0 Å². The second-order valence-corrected chi connectivity index (χ2v) is 5.17. The van der Waals surface area contributed by atoms with Gasteiger partial charge >= 0.3 is 0 Å². The summed E-state index contributed by atoms with van der Waals surface area (Å²) in [6.07, 6.45) is 4.39. The third-order valence-electron chi connectivity index (χ3n) is 3.45. The predicted molar refractivity (Wildman–Crippen MR) is 64.6 cm³/mol. The Labute approximate surface area is 99.2 Å². The maximum Gasteiger partial charge on any atom is 0.0825 e. The number of nitriles is 1. The van der Waals surface area contributed by atoms with E-state index in [-0.39, 0.29) is 5.41 Å². The SMILES string of the molecule is Cc1c(Br)cccc1C1(C#N)CCCC1. The van der Waals surface area contributed by atoms with Crippen molar-refractivity contribution in [1.82, 2.24) is 0 Å². The van der Waals surface area contributed by atoms with Crippen molar-refractivity contribution in [3.05, 3.63) is 33.8 Å². The Morgan fingerprint density at radius 1 is 1.33 bits per heavy atom. The molecule has 1 aromatic carbocycles. The number of hydrogen-bond acceptors (Lipinski definition) is 1. The minimum Gasteiger partial charge on any atom is -0.197 e. The summed E-state index contributed by atoms with van der Waals surface area (Å²) < 4.78 is 1.11. The average Bonchev–Trinajstić information content (AvgIpc) is 2.72. The van der Waals surface area contributed by atoms with Crippen LogP contribution in [0.2, 0.25) is 0 Å². The van der Waals surface area contributed by atoms with Gasteiger partial charge in [0.25, 0.3) is 0 Å². The quantitative estimate of drug-likeness (QED) is 0.749. The Morgan fingerprint density at radius 2 is 2.00 bits per heavy atom. The second kappa shape index (κ2) is 3.98. The summed E-state index contributed by atoms with van der Waals surface area (Å²) in [6, 6.07) is 8.72. The molecule has 15 heavy (non-hydrogen) atoms. The van der Waals surface area contributed by atoms with Crippen LogP contribution in [0.3, 0.4) is 0 Å². The summed E-state index contributed by atoms with van der Waals surface area (Å²) in [5.74, 6) is 0. The smallest absolute Gasteiger partial charge is 0.0825 e. The lowest BCUT2D eigenvalue weighted by molar-refractivity contribution is 0.569. The lowest BCUT2D eigenvalue weighted by Gasteiger charge is -2.23. The minimum absolute atomic E-state index is 0.214. The molecule has 0 spiro atoms. The van der Waals surface area contributed by atoms with Crippen molar-refractivity contribution in [1.29, 1.82) is 5.26 Å². The zero-order valence-corrected chi connectivity index (χ0v) is 10.5. The summed E-state index contributed by atoms with van der Waals surface area (Å²) >= 11 is 3.54. The molecule has 1 aliphatic rings. The molecule has 1 aromatic rings. The lowest BCUT2D eigenvalue weighted by Crippen LogP contribution is -2.20. The molecule has 0 aromatic heterocycles. The fraction of sp³-hybridized carbons (Fsp3) is 0.462. The normalized spacial score (nSPS) is 18.7. The second-order valence-electron chi connectivity index (χ2n) is 4.31. The van der Waals surface area contributed by atoms with E-state index in [1.165, 1.54) is 24.0 Å². The van der Waals surface area contributed by atoms with Crippen molar-refractivity contribution in [2.75, 3.05) is 0 Å². The van der Waals surface area contributed by atoms with Crippen LogP contribution < -0.4 is 0 Å². The fourth-order valence-electron chi connectivity index (χ4n) is 2.55. The molecule has 0 unspecified atom stereocenters. The van der Waals surface area contributed by atoms with Gasteiger partial charge in [0.1, 0.15) is 0 Å². The Bertz CT molecular complexity index is 411. The van der Waals surface area contributed by atoms with E-state index in [0.29, 0.717) is 0 Å². The van der Waals surface area contributed by atoms with Gasteiger partial charge < -0.3 is 0 Å². The third-order valence-corrected chi connectivity index (χ3v) is 4.31. The fourth-order valence-corrected chi connectivity index (χ4v) is 2.91. The van der Waals surface area contributed by atoms with Crippen LogP contribution in [0.5, 0.6) is 0 Å². The first kappa shape index (κ1) is 10.7. The lowest BCUT2D eigenvalue weighted by atomic mass is 9.78. The third kappa shape index (κ3) is 1.70. The van der Waals surface area contributed by atoms with Crippen LogP contribution in [-0.2, 0) is 5.41 Å². The highest BCUT2D eigenvalue weighted by Crippen LogP contribution is 2.42. The molecule has 2 rings (SSSR count). The molecule has 0 aliphatic heterocycles. The van der Waals surface area contributed by atoms with Crippen LogP contribution in [0.15, 0.2) is 22.7 Å². The van der Waals surface area contributed by atoms with Crippen molar-refractivity contribution in [2.45, 2.75) is 38.0 Å². The first-order chi connectivity index (χ1) is 7.19. The molecule has 0 atom stereocenters. The highest BCUT2D eigenvalue weighted by atomic mass is 79.9. The van der Waals surface area contributed by atoms with E-state index < -0.39 is 0 Å². The summed E-state index contributed by atoms with van der Waals surface area (Å²) in [5.41, 5.74) is 2.23. The van der Waals surface area contributed by atoms with Gasteiger partial charge in [0.2, 0.25) is 0 Å². The van der Waals surface area contributed by atoms with Crippen LogP contribution in [0.25, 0.3) is 0 Å². The van der Waals surface area contributed by atoms with Gasteiger partial charge in [-0.1, -0.05) is 40.9 Å². The monoisotopic (exact) mass is 263 g/mol. The van der Waals surface area contributed by atoms with E-state index in [4.69, 9.17) is 0 Å². The van der Waals surface area contributed by atoms with Crippen molar-refractivity contribution >= 4 is 15.9 Å². The highest BCUT2D eigenvalue weighted by molar-refractivity contribution is 9.10. The molecule has 2 heteroatoms. The van der Waals surface area contributed by atoms with Crippen molar-refractivity contribution in [3.8, 4) is 6.07 Å². The van der Waals surface area contributed by atoms with Crippen LogP contribution in [-0.4, -0.2) is 0 Å². The van der Waals surface area contributed by atoms with Crippen molar-refractivity contribution in [3.63, 3.8) is 0 Å². The number of hydrogen-bond donors (Lipinski definition) is 0. The molecule has 0 heterocycles. The number of halogens is 1. The molecule has 78 valence electrons. The topological polar surface area (TPSA) is 23.8 Å². The van der Waals surface area contributed by atoms with Gasteiger partial charge in [-0.05, 0) is 37.0 Å². The van der Waals surface area contributed by atoms with E-state index in [1.807, 2.05) is 12.1 Å². The van der Waals surface area contributed by atoms with Crippen LogP contribution in [0, 0.1) is 18.3 Å². The van der Waals surface area contributed by atoms with Gasteiger partial charge in [0, 0.05) is 4.47 Å². The van der Waals surface area contributed by atoms with E-state index in [0.717, 1.165) is 17.3 Å². The number of rotatable bonds is 1. The number of nitrogens with zero attached hydrogens (tertiary/aromatic N) is 1. The van der Waals surface area contributed by atoms with E-state index >= 15 is 0 Å². The molecular formula is C13H14BrN. The first-order valence-corrected chi connectivity index (χ1v) is 6.16. The van der Waals surface area contributed by atoms with E-state index in [2.05, 4.69) is 35.0 Å². The van der Waals surface area contributed by atoms with Gasteiger partial charge in [-0.2, -0.15) is 5.26 Å². The zero-order valence-electron chi connectivity index (χ0n) is 8.89. The zero-order chi connectivity index (χ0) is 10.9.